The normalized spacial score (nSPS) is 19.3. The minimum absolute atomic E-state index is 0.162. The highest BCUT2D eigenvalue weighted by atomic mass is 16.2. The summed E-state index contributed by atoms with van der Waals surface area (Å²) in [5.41, 5.74) is 8.73. The van der Waals surface area contributed by atoms with Crippen LogP contribution in [0, 0.1) is 5.92 Å². The van der Waals surface area contributed by atoms with Crippen LogP contribution in [0.5, 0.6) is 0 Å². The number of anilines is 1. The molecule has 0 saturated carbocycles. The van der Waals surface area contributed by atoms with Crippen LogP contribution >= 0.6 is 0 Å². The number of imide groups is 1. The highest BCUT2D eigenvalue weighted by Gasteiger charge is 2.53. The monoisotopic (exact) mass is 452 g/mol. The van der Waals surface area contributed by atoms with Crippen molar-refractivity contribution in [1.29, 1.82) is 0 Å². The topological polar surface area (TPSA) is 113 Å². The number of aromatic nitrogens is 1. The van der Waals surface area contributed by atoms with Crippen LogP contribution in [-0.2, 0) is 16.0 Å². The van der Waals surface area contributed by atoms with Gasteiger partial charge in [0.25, 0.3) is 0 Å². The van der Waals surface area contributed by atoms with Crippen molar-refractivity contribution in [1.82, 2.24) is 9.88 Å². The van der Waals surface area contributed by atoms with Gasteiger partial charge in [0, 0.05) is 18.5 Å². The Bertz CT molecular complexity index is 1220. The Hall–Kier alpha value is -4.20. The van der Waals surface area contributed by atoms with E-state index in [1.54, 1.807) is 12.3 Å². The van der Waals surface area contributed by atoms with Crippen LogP contribution in [-0.4, -0.2) is 40.2 Å². The molecule has 1 saturated heterocycles. The first kappa shape index (κ1) is 21.6. The number of hydrogen-bond acceptors (Lipinski definition) is 7. The van der Waals surface area contributed by atoms with Gasteiger partial charge in [-0.1, -0.05) is 60.7 Å². The number of β-lactam (4-membered cyclic amide) rings is 1. The number of nitrogen functional groups attached to an aromatic ring is 1. The molecule has 3 heterocycles. The highest BCUT2D eigenvalue weighted by Crippen LogP contribution is 2.36. The molecule has 0 aliphatic carbocycles. The van der Waals surface area contributed by atoms with Gasteiger partial charge in [-0.15, -0.1) is 5.11 Å². The van der Waals surface area contributed by atoms with Gasteiger partial charge in [-0.2, -0.15) is 5.11 Å². The van der Waals surface area contributed by atoms with Crippen LogP contribution in [0.1, 0.15) is 29.0 Å². The van der Waals surface area contributed by atoms with Gasteiger partial charge < -0.3 is 5.73 Å². The molecule has 2 atom stereocenters. The van der Waals surface area contributed by atoms with Crippen LogP contribution < -0.4 is 5.73 Å². The second kappa shape index (κ2) is 9.35. The van der Waals surface area contributed by atoms with Gasteiger partial charge >= 0.3 is 0 Å². The number of carbonyl (C=O) groups is 2. The number of benzene rings is 2. The lowest BCUT2D eigenvalue weighted by Crippen LogP contribution is -2.66. The maximum absolute atomic E-state index is 13.6. The van der Waals surface area contributed by atoms with E-state index in [-0.39, 0.29) is 30.8 Å². The number of nitrogens with two attached hydrogens (primary N) is 1. The van der Waals surface area contributed by atoms with Crippen LogP contribution in [0.4, 0.5) is 5.82 Å². The third kappa shape index (κ3) is 4.22. The summed E-state index contributed by atoms with van der Waals surface area (Å²) in [6.45, 7) is 0.216. The summed E-state index contributed by atoms with van der Waals surface area (Å²) in [6, 6.07) is 22.8. The Kier molecular flexibility index (Phi) is 5.95. The fourth-order valence-corrected chi connectivity index (χ4v) is 4.66. The van der Waals surface area contributed by atoms with E-state index in [9.17, 15) is 9.59 Å². The van der Waals surface area contributed by atoms with E-state index in [0.29, 0.717) is 18.1 Å². The number of amidine groups is 1. The van der Waals surface area contributed by atoms with Crippen LogP contribution in [0.25, 0.3) is 0 Å². The molecular formula is C26H24N6O2. The third-order valence-electron chi connectivity index (χ3n) is 6.30. The van der Waals surface area contributed by atoms with Crippen molar-refractivity contribution in [2.75, 3.05) is 12.4 Å². The largest absolute Gasteiger partial charge is 0.384 e. The van der Waals surface area contributed by atoms with Crippen molar-refractivity contribution in [3.05, 3.63) is 95.7 Å². The molecule has 2 aliphatic rings. The van der Waals surface area contributed by atoms with Crippen molar-refractivity contribution in [2.45, 2.75) is 24.8 Å². The van der Waals surface area contributed by atoms with E-state index in [1.165, 1.54) is 4.90 Å². The smallest absolute Gasteiger partial charge is 0.235 e. The summed E-state index contributed by atoms with van der Waals surface area (Å²) in [4.78, 5) is 36.5. The fourth-order valence-electron chi connectivity index (χ4n) is 4.66. The van der Waals surface area contributed by atoms with Crippen molar-refractivity contribution in [3.63, 3.8) is 0 Å². The lowest BCUT2D eigenvalue weighted by atomic mass is 9.80. The average Bonchev–Trinajstić information content (AvgIpc) is 3.39. The molecule has 2 aliphatic heterocycles. The molecule has 5 rings (SSSR count). The number of aliphatic imine (C=N–C) groups is 1. The molecule has 0 unspecified atom stereocenters. The predicted molar refractivity (Wildman–Crippen MR) is 128 cm³/mol. The summed E-state index contributed by atoms with van der Waals surface area (Å²) in [5, 5.41) is 8.06. The number of amides is 2. The van der Waals surface area contributed by atoms with Gasteiger partial charge in [-0.05, 0) is 35.2 Å². The first-order chi connectivity index (χ1) is 16.6. The van der Waals surface area contributed by atoms with E-state index in [0.717, 1.165) is 16.7 Å². The molecule has 0 bridgehead atoms. The zero-order valence-electron chi connectivity index (χ0n) is 18.5. The molecule has 2 aromatic carbocycles. The number of pyridine rings is 1. The summed E-state index contributed by atoms with van der Waals surface area (Å²) in [5.74, 6) is -0.280. The Morgan fingerprint density at radius 1 is 1.03 bits per heavy atom. The molecular weight excluding hydrogens is 428 g/mol. The van der Waals surface area contributed by atoms with Crippen molar-refractivity contribution < 1.29 is 9.59 Å². The molecule has 1 fully saturated rings. The van der Waals surface area contributed by atoms with E-state index in [4.69, 9.17) is 5.73 Å². The number of likely N-dealkylation sites (tertiary alicyclic amines) is 1. The standard InChI is InChI=1S/C26H24N6O2/c27-22-14-17(11-12-28-22)13-21-24(25-29-16-30-31-25)32(26(21)34)23(33)15-20(18-7-3-1-4-8-18)19-9-5-2-6-10-19/h1-12,14,20-21,24H,13,15-16H2,(H2,27,28)/t21-,24+/m1/s1. The molecule has 3 aromatic rings. The quantitative estimate of drug-likeness (QED) is 0.552. The van der Waals surface area contributed by atoms with E-state index in [2.05, 4.69) is 20.2 Å². The molecule has 2 N–H and O–H groups in total. The molecule has 0 radical (unpaired) electrons. The second-order valence-corrected chi connectivity index (χ2v) is 8.42. The Morgan fingerprint density at radius 3 is 2.29 bits per heavy atom. The number of hydrogen-bond donors (Lipinski definition) is 1. The van der Waals surface area contributed by atoms with Gasteiger partial charge in [0.15, 0.2) is 12.5 Å². The lowest BCUT2D eigenvalue weighted by Gasteiger charge is -2.45. The van der Waals surface area contributed by atoms with Crippen molar-refractivity contribution in [3.8, 4) is 0 Å². The molecule has 170 valence electrons. The van der Waals surface area contributed by atoms with Crippen LogP contribution in [0.3, 0.4) is 0 Å². The molecule has 8 nitrogen and oxygen atoms in total. The van der Waals surface area contributed by atoms with Gasteiger partial charge in [0.2, 0.25) is 11.8 Å². The highest BCUT2D eigenvalue weighted by molar-refractivity contribution is 6.11. The number of carbonyl (C=O) groups excluding carboxylic acids is 2. The summed E-state index contributed by atoms with van der Waals surface area (Å²) >= 11 is 0. The Balaban J connectivity index is 1.41. The van der Waals surface area contributed by atoms with Gasteiger partial charge in [0.1, 0.15) is 11.9 Å². The third-order valence-corrected chi connectivity index (χ3v) is 6.30. The Labute approximate surface area is 197 Å². The molecule has 2 amide bonds. The number of nitrogens with zero attached hydrogens (tertiary/aromatic N) is 5. The van der Waals surface area contributed by atoms with E-state index in [1.807, 2.05) is 66.7 Å². The van der Waals surface area contributed by atoms with Crippen LogP contribution in [0.2, 0.25) is 0 Å². The molecule has 8 heteroatoms. The average molecular weight is 453 g/mol. The summed E-state index contributed by atoms with van der Waals surface area (Å²) in [7, 11) is 0. The maximum Gasteiger partial charge on any atom is 0.235 e. The Morgan fingerprint density at radius 2 is 1.71 bits per heavy atom. The predicted octanol–water partition coefficient (Wildman–Crippen LogP) is 3.60. The van der Waals surface area contributed by atoms with Crippen molar-refractivity contribution >= 4 is 23.5 Å². The minimum Gasteiger partial charge on any atom is -0.384 e. The lowest BCUT2D eigenvalue weighted by molar-refractivity contribution is -0.162. The molecule has 0 spiro atoms. The fraction of sp³-hybridized carbons (Fsp3) is 0.231. The van der Waals surface area contributed by atoms with Crippen molar-refractivity contribution in [2.24, 2.45) is 21.1 Å². The summed E-state index contributed by atoms with van der Waals surface area (Å²) in [6.07, 6.45) is 2.20. The summed E-state index contributed by atoms with van der Waals surface area (Å²) < 4.78 is 0. The SMILES string of the molecule is Nc1cc(C[C@H]2C(=O)N(C(=O)CC(c3ccccc3)c3ccccc3)[C@@H]2C2=NCN=N2)ccn1. The van der Waals surface area contributed by atoms with Gasteiger partial charge in [-0.25, -0.2) is 9.98 Å². The first-order valence-corrected chi connectivity index (χ1v) is 11.2. The van der Waals surface area contributed by atoms with E-state index < -0.39 is 12.0 Å². The minimum atomic E-state index is -0.534. The maximum atomic E-state index is 13.6. The van der Waals surface area contributed by atoms with Gasteiger partial charge in [-0.3, -0.25) is 14.5 Å². The zero-order valence-corrected chi connectivity index (χ0v) is 18.5. The van der Waals surface area contributed by atoms with Crippen LogP contribution in [0.15, 0.2) is 94.2 Å². The second-order valence-electron chi connectivity index (χ2n) is 8.42. The first-order valence-electron chi connectivity index (χ1n) is 11.2. The van der Waals surface area contributed by atoms with E-state index >= 15 is 0 Å². The molecule has 34 heavy (non-hydrogen) atoms. The zero-order chi connectivity index (χ0) is 23.5. The van der Waals surface area contributed by atoms with Gasteiger partial charge in [0.05, 0.1) is 5.92 Å². The molecule has 1 aromatic heterocycles. The number of rotatable bonds is 7. The number of azo groups is 1.